The van der Waals surface area contributed by atoms with E-state index in [1.54, 1.807) is 12.3 Å². The third kappa shape index (κ3) is 3.63. The standard InChI is InChI=1S/C22H25N5O/c1-26(2)21-17(10-7-13-23-21)22(28)25-19-11-6-12-20-18(19)14-24-27(20)15-16-8-4-3-5-9-16/h3-5,7-10,13-14,19H,6,11-12,15H2,1-2H3,(H,25,28). The van der Waals surface area contributed by atoms with Crippen LogP contribution in [-0.2, 0) is 13.0 Å². The maximum absolute atomic E-state index is 12.9. The monoisotopic (exact) mass is 375 g/mol. The summed E-state index contributed by atoms with van der Waals surface area (Å²) in [5.74, 6) is 0.585. The number of hydrogen-bond acceptors (Lipinski definition) is 4. The van der Waals surface area contributed by atoms with Crippen molar-refractivity contribution < 1.29 is 4.79 Å². The predicted octanol–water partition coefficient (Wildman–Crippen LogP) is 3.20. The zero-order chi connectivity index (χ0) is 19.5. The minimum Gasteiger partial charge on any atom is -0.362 e. The Morgan fingerprint density at radius 3 is 2.82 bits per heavy atom. The molecule has 6 heteroatoms. The molecule has 1 aliphatic rings. The smallest absolute Gasteiger partial charge is 0.255 e. The fourth-order valence-corrected chi connectivity index (χ4v) is 3.83. The maximum Gasteiger partial charge on any atom is 0.255 e. The number of hydrogen-bond donors (Lipinski definition) is 1. The molecule has 0 aliphatic heterocycles. The van der Waals surface area contributed by atoms with Crippen LogP contribution >= 0.6 is 0 Å². The number of nitrogens with zero attached hydrogens (tertiary/aromatic N) is 4. The second-order valence-corrected chi connectivity index (χ2v) is 7.38. The lowest BCUT2D eigenvalue weighted by Crippen LogP contribution is -2.32. The minimum atomic E-state index is -0.0922. The van der Waals surface area contributed by atoms with Gasteiger partial charge in [-0.25, -0.2) is 4.98 Å². The van der Waals surface area contributed by atoms with Crippen molar-refractivity contribution in [1.82, 2.24) is 20.1 Å². The summed E-state index contributed by atoms with van der Waals surface area (Å²) in [6.45, 7) is 0.754. The topological polar surface area (TPSA) is 63.1 Å². The zero-order valence-corrected chi connectivity index (χ0v) is 16.3. The van der Waals surface area contributed by atoms with Crippen LogP contribution in [0.25, 0.3) is 0 Å². The predicted molar refractivity (Wildman–Crippen MR) is 109 cm³/mol. The van der Waals surface area contributed by atoms with E-state index in [-0.39, 0.29) is 11.9 Å². The average molecular weight is 375 g/mol. The Labute approximate surface area is 165 Å². The first-order valence-electron chi connectivity index (χ1n) is 9.65. The number of carbonyl (C=O) groups excluding carboxylic acids is 1. The summed E-state index contributed by atoms with van der Waals surface area (Å²) in [5.41, 5.74) is 4.17. The largest absolute Gasteiger partial charge is 0.362 e. The molecule has 0 radical (unpaired) electrons. The summed E-state index contributed by atoms with van der Waals surface area (Å²) < 4.78 is 2.07. The van der Waals surface area contributed by atoms with Crippen LogP contribution in [0.15, 0.2) is 54.9 Å². The SMILES string of the molecule is CN(C)c1ncccc1C(=O)NC1CCCc2c1cnn2Cc1ccccc1. The quantitative estimate of drug-likeness (QED) is 0.744. The molecule has 0 fully saturated rings. The number of rotatable bonds is 5. The van der Waals surface area contributed by atoms with Crippen molar-refractivity contribution in [1.29, 1.82) is 0 Å². The van der Waals surface area contributed by atoms with Crippen LogP contribution in [0.2, 0.25) is 0 Å². The highest BCUT2D eigenvalue weighted by molar-refractivity contribution is 5.99. The van der Waals surface area contributed by atoms with Gasteiger partial charge in [-0.05, 0) is 37.0 Å². The van der Waals surface area contributed by atoms with Gasteiger partial charge in [0, 0.05) is 31.5 Å². The molecule has 1 aromatic carbocycles. The first kappa shape index (κ1) is 18.2. The van der Waals surface area contributed by atoms with Crippen LogP contribution in [0.1, 0.15) is 46.1 Å². The molecule has 144 valence electrons. The molecule has 2 aromatic heterocycles. The number of fused-ring (bicyclic) bond motifs is 1. The summed E-state index contributed by atoms with van der Waals surface area (Å²) in [5, 5.41) is 7.82. The fourth-order valence-electron chi connectivity index (χ4n) is 3.83. The molecule has 0 spiro atoms. The van der Waals surface area contributed by atoms with E-state index in [9.17, 15) is 4.79 Å². The third-order valence-corrected chi connectivity index (χ3v) is 5.20. The van der Waals surface area contributed by atoms with E-state index in [0.29, 0.717) is 11.4 Å². The van der Waals surface area contributed by atoms with Gasteiger partial charge < -0.3 is 10.2 Å². The van der Waals surface area contributed by atoms with Gasteiger partial charge in [0.1, 0.15) is 5.82 Å². The molecule has 3 aromatic rings. The summed E-state index contributed by atoms with van der Waals surface area (Å²) in [6.07, 6.45) is 6.57. The minimum absolute atomic E-state index is 0.0176. The van der Waals surface area contributed by atoms with Crippen LogP contribution in [0.4, 0.5) is 5.82 Å². The number of amides is 1. The van der Waals surface area contributed by atoms with Gasteiger partial charge >= 0.3 is 0 Å². The number of carbonyl (C=O) groups is 1. The van der Waals surface area contributed by atoms with Gasteiger partial charge in [-0.15, -0.1) is 0 Å². The Morgan fingerprint density at radius 2 is 2.04 bits per heavy atom. The van der Waals surface area contributed by atoms with E-state index >= 15 is 0 Å². The van der Waals surface area contributed by atoms with Crippen LogP contribution in [0, 0.1) is 0 Å². The molecule has 28 heavy (non-hydrogen) atoms. The van der Waals surface area contributed by atoms with Crippen LogP contribution in [0.3, 0.4) is 0 Å². The molecule has 6 nitrogen and oxygen atoms in total. The molecule has 1 atom stereocenters. The first-order chi connectivity index (χ1) is 13.6. The van der Waals surface area contributed by atoms with Gasteiger partial charge in [0.25, 0.3) is 5.91 Å². The van der Waals surface area contributed by atoms with Gasteiger partial charge in [-0.1, -0.05) is 30.3 Å². The van der Waals surface area contributed by atoms with E-state index in [1.165, 1.54) is 11.3 Å². The number of nitrogens with one attached hydrogen (secondary N) is 1. The van der Waals surface area contributed by atoms with Crippen molar-refractivity contribution in [3.8, 4) is 0 Å². The molecule has 0 saturated carbocycles. The lowest BCUT2D eigenvalue weighted by molar-refractivity contribution is 0.0933. The summed E-state index contributed by atoms with van der Waals surface area (Å²) >= 11 is 0. The summed E-state index contributed by atoms with van der Waals surface area (Å²) in [7, 11) is 3.79. The van der Waals surface area contributed by atoms with Crippen molar-refractivity contribution in [3.05, 3.63) is 77.2 Å². The van der Waals surface area contributed by atoms with Crippen molar-refractivity contribution >= 4 is 11.7 Å². The van der Waals surface area contributed by atoms with E-state index in [2.05, 4.69) is 32.2 Å². The second-order valence-electron chi connectivity index (χ2n) is 7.38. The van der Waals surface area contributed by atoms with Gasteiger partial charge in [0.05, 0.1) is 24.3 Å². The van der Waals surface area contributed by atoms with E-state index < -0.39 is 0 Å². The molecule has 1 unspecified atom stereocenters. The van der Waals surface area contributed by atoms with E-state index in [4.69, 9.17) is 0 Å². The highest BCUT2D eigenvalue weighted by Crippen LogP contribution is 2.30. The Morgan fingerprint density at radius 1 is 1.21 bits per heavy atom. The molecule has 0 saturated heterocycles. The Hall–Kier alpha value is -3.15. The molecule has 0 bridgehead atoms. The highest BCUT2D eigenvalue weighted by Gasteiger charge is 2.27. The van der Waals surface area contributed by atoms with E-state index in [0.717, 1.165) is 31.4 Å². The van der Waals surface area contributed by atoms with Crippen molar-refractivity contribution in [2.24, 2.45) is 0 Å². The Bertz CT molecular complexity index is 964. The maximum atomic E-state index is 12.9. The van der Waals surface area contributed by atoms with Gasteiger partial charge in [-0.2, -0.15) is 5.10 Å². The van der Waals surface area contributed by atoms with E-state index in [1.807, 2.05) is 49.5 Å². The number of benzene rings is 1. The number of pyridine rings is 1. The van der Waals surface area contributed by atoms with Crippen molar-refractivity contribution in [2.45, 2.75) is 31.8 Å². The average Bonchev–Trinajstić information content (AvgIpc) is 3.12. The molecule has 2 heterocycles. The van der Waals surface area contributed by atoms with Crippen LogP contribution in [-0.4, -0.2) is 34.8 Å². The third-order valence-electron chi connectivity index (χ3n) is 5.20. The van der Waals surface area contributed by atoms with Crippen molar-refractivity contribution in [2.75, 3.05) is 19.0 Å². The Balaban J connectivity index is 1.55. The molecule has 1 N–H and O–H groups in total. The normalized spacial score (nSPS) is 15.7. The molecular formula is C22H25N5O. The fraction of sp³-hybridized carbons (Fsp3) is 0.318. The zero-order valence-electron chi connectivity index (χ0n) is 16.3. The summed E-state index contributed by atoms with van der Waals surface area (Å²) in [6, 6.07) is 13.9. The molecule has 1 aliphatic carbocycles. The van der Waals surface area contributed by atoms with Crippen LogP contribution < -0.4 is 10.2 Å². The molecule has 1 amide bonds. The molecular weight excluding hydrogens is 350 g/mol. The summed E-state index contributed by atoms with van der Waals surface area (Å²) in [4.78, 5) is 19.1. The number of anilines is 1. The van der Waals surface area contributed by atoms with Gasteiger partial charge in [0.2, 0.25) is 0 Å². The van der Waals surface area contributed by atoms with Gasteiger partial charge in [-0.3, -0.25) is 9.48 Å². The highest BCUT2D eigenvalue weighted by atomic mass is 16.1. The first-order valence-corrected chi connectivity index (χ1v) is 9.65. The lowest BCUT2D eigenvalue weighted by Gasteiger charge is -2.25. The van der Waals surface area contributed by atoms with Crippen molar-refractivity contribution in [3.63, 3.8) is 0 Å². The number of aromatic nitrogens is 3. The lowest BCUT2D eigenvalue weighted by atomic mass is 9.92. The van der Waals surface area contributed by atoms with Crippen LogP contribution in [0.5, 0.6) is 0 Å². The van der Waals surface area contributed by atoms with Gasteiger partial charge in [0.15, 0.2) is 0 Å². The Kier molecular flexibility index (Phi) is 5.10. The molecule has 4 rings (SSSR count). The second kappa shape index (κ2) is 7.84.